The third-order valence-corrected chi connectivity index (χ3v) is 1.53. The third-order valence-electron chi connectivity index (χ3n) is 1.53. The Kier molecular flexibility index (Phi) is 2.78. The third kappa shape index (κ3) is 1.80. The zero-order chi connectivity index (χ0) is 8.97. The number of nitrogens with zero attached hydrogens (tertiary/aromatic N) is 1. The second-order valence-electron chi connectivity index (χ2n) is 2.39. The Balaban J connectivity index is 2.80. The van der Waals surface area contributed by atoms with E-state index in [1.165, 1.54) is 18.2 Å². The average Bonchev–Trinajstić information content (AvgIpc) is 2.17. The van der Waals surface area contributed by atoms with Gasteiger partial charge in [0, 0.05) is 0 Å². The molecule has 1 N–H and O–H groups in total. The van der Waals surface area contributed by atoms with Gasteiger partial charge in [0.2, 0.25) is 0 Å². The van der Waals surface area contributed by atoms with E-state index in [1.807, 2.05) is 0 Å². The van der Waals surface area contributed by atoms with Gasteiger partial charge in [-0.05, 0) is 5.56 Å². The molecule has 0 aliphatic rings. The molecule has 2 nitrogen and oxygen atoms in total. The molecule has 0 amide bonds. The van der Waals surface area contributed by atoms with Crippen LogP contribution in [0.15, 0.2) is 30.3 Å². The van der Waals surface area contributed by atoms with Gasteiger partial charge < -0.3 is 5.11 Å². The summed E-state index contributed by atoms with van der Waals surface area (Å²) in [5, 5.41) is 17.1. The first-order valence-electron chi connectivity index (χ1n) is 3.52. The van der Waals surface area contributed by atoms with Gasteiger partial charge in [-0.3, -0.25) is 0 Å². The SMILES string of the molecule is N#CC(O)[C@@H](F)c1ccccc1. The molecule has 1 rings (SSSR count). The van der Waals surface area contributed by atoms with E-state index in [1.54, 1.807) is 18.2 Å². The molecule has 12 heavy (non-hydrogen) atoms. The fraction of sp³-hybridized carbons (Fsp3) is 0.222. The Morgan fingerprint density at radius 2 is 1.92 bits per heavy atom. The molecule has 0 aromatic heterocycles. The van der Waals surface area contributed by atoms with Crippen LogP contribution in [0.2, 0.25) is 0 Å². The van der Waals surface area contributed by atoms with Crippen LogP contribution in [0, 0.1) is 11.3 Å². The highest BCUT2D eigenvalue weighted by Crippen LogP contribution is 2.20. The van der Waals surface area contributed by atoms with Gasteiger partial charge in [0.1, 0.15) is 0 Å². The zero-order valence-electron chi connectivity index (χ0n) is 6.31. The molecule has 0 saturated carbocycles. The number of aliphatic hydroxyl groups is 1. The van der Waals surface area contributed by atoms with Crippen LogP contribution in [0.1, 0.15) is 11.7 Å². The first-order chi connectivity index (χ1) is 5.75. The van der Waals surface area contributed by atoms with Gasteiger partial charge in [-0.1, -0.05) is 30.3 Å². The Morgan fingerprint density at radius 1 is 1.33 bits per heavy atom. The second-order valence-corrected chi connectivity index (χ2v) is 2.39. The number of rotatable bonds is 2. The van der Waals surface area contributed by atoms with E-state index in [2.05, 4.69) is 0 Å². The van der Waals surface area contributed by atoms with Crippen LogP contribution < -0.4 is 0 Å². The highest BCUT2D eigenvalue weighted by Gasteiger charge is 2.18. The molecule has 0 saturated heterocycles. The van der Waals surface area contributed by atoms with Crippen LogP contribution >= 0.6 is 0 Å². The van der Waals surface area contributed by atoms with Gasteiger partial charge in [-0.15, -0.1) is 0 Å². The molecule has 0 fully saturated rings. The van der Waals surface area contributed by atoms with E-state index in [0.29, 0.717) is 5.56 Å². The maximum atomic E-state index is 13.1. The number of alkyl halides is 1. The lowest BCUT2D eigenvalue weighted by atomic mass is 10.1. The van der Waals surface area contributed by atoms with Gasteiger partial charge in [-0.25, -0.2) is 4.39 Å². The molecule has 1 unspecified atom stereocenters. The predicted octanol–water partition coefficient (Wildman–Crippen LogP) is 1.58. The smallest absolute Gasteiger partial charge is 0.175 e. The number of hydrogen-bond acceptors (Lipinski definition) is 2. The summed E-state index contributed by atoms with van der Waals surface area (Å²) in [4.78, 5) is 0. The zero-order valence-corrected chi connectivity index (χ0v) is 6.31. The molecule has 0 heterocycles. The van der Waals surface area contributed by atoms with E-state index in [9.17, 15) is 4.39 Å². The minimum atomic E-state index is -1.61. The fourth-order valence-corrected chi connectivity index (χ4v) is 0.885. The number of halogens is 1. The van der Waals surface area contributed by atoms with Crippen molar-refractivity contribution in [2.24, 2.45) is 0 Å². The lowest BCUT2D eigenvalue weighted by Crippen LogP contribution is -2.11. The van der Waals surface area contributed by atoms with Gasteiger partial charge >= 0.3 is 0 Å². The Bertz CT molecular complexity index is 280. The van der Waals surface area contributed by atoms with Crippen molar-refractivity contribution in [2.75, 3.05) is 0 Å². The second kappa shape index (κ2) is 3.84. The van der Waals surface area contributed by atoms with Gasteiger partial charge in [-0.2, -0.15) is 5.26 Å². The fourth-order valence-electron chi connectivity index (χ4n) is 0.885. The van der Waals surface area contributed by atoms with Crippen LogP contribution in [-0.2, 0) is 0 Å². The average molecular weight is 165 g/mol. The molecular weight excluding hydrogens is 157 g/mol. The Labute approximate surface area is 69.9 Å². The van der Waals surface area contributed by atoms with Crippen LogP contribution in [0.25, 0.3) is 0 Å². The summed E-state index contributed by atoms with van der Waals surface area (Å²) in [5.41, 5.74) is 0.326. The summed E-state index contributed by atoms with van der Waals surface area (Å²) >= 11 is 0. The molecule has 0 radical (unpaired) electrons. The van der Waals surface area contributed by atoms with Crippen LogP contribution in [0.4, 0.5) is 4.39 Å². The van der Waals surface area contributed by atoms with Gasteiger partial charge in [0.15, 0.2) is 12.3 Å². The molecule has 0 bridgehead atoms. The molecule has 1 aromatic rings. The van der Waals surface area contributed by atoms with E-state index in [4.69, 9.17) is 10.4 Å². The number of aliphatic hydroxyl groups excluding tert-OH is 1. The van der Waals surface area contributed by atoms with E-state index < -0.39 is 12.3 Å². The van der Waals surface area contributed by atoms with Crippen LogP contribution in [0.5, 0.6) is 0 Å². The summed E-state index contributed by atoms with van der Waals surface area (Å²) in [7, 11) is 0. The topological polar surface area (TPSA) is 44.0 Å². The van der Waals surface area contributed by atoms with Crippen molar-refractivity contribution in [3.63, 3.8) is 0 Å². The predicted molar refractivity (Wildman–Crippen MR) is 41.9 cm³/mol. The van der Waals surface area contributed by atoms with Crippen molar-refractivity contribution in [3.8, 4) is 6.07 Å². The van der Waals surface area contributed by atoms with Crippen molar-refractivity contribution in [1.82, 2.24) is 0 Å². The highest BCUT2D eigenvalue weighted by molar-refractivity contribution is 5.20. The monoisotopic (exact) mass is 165 g/mol. The molecule has 0 aliphatic heterocycles. The lowest BCUT2D eigenvalue weighted by Gasteiger charge is -2.08. The van der Waals surface area contributed by atoms with Crippen LogP contribution in [0.3, 0.4) is 0 Å². The van der Waals surface area contributed by atoms with E-state index in [-0.39, 0.29) is 0 Å². The minimum Gasteiger partial charge on any atom is -0.375 e. The van der Waals surface area contributed by atoms with Crippen molar-refractivity contribution >= 4 is 0 Å². The minimum absolute atomic E-state index is 0.326. The van der Waals surface area contributed by atoms with Crippen molar-refractivity contribution < 1.29 is 9.50 Å². The molecule has 3 heteroatoms. The summed E-state index contributed by atoms with van der Waals surface area (Å²) in [6.07, 6.45) is -3.19. The first-order valence-corrected chi connectivity index (χ1v) is 3.52. The van der Waals surface area contributed by atoms with E-state index >= 15 is 0 Å². The highest BCUT2D eigenvalue weighted by atomic mass is 19.1. The van der Waals surface area contributed by atoms with Crippen LogP contribution in [-0.4, -0.2) is 11.2 Å². The maximum Gasteiger partial charge on any atom is 0.175 e. The van der Waals surface area contributed by atoms with E-state index in [0.717, 1.165) is 0 Å². The molecular formula is C9H8FNO. The summed E-state index contributed by atoms with van der Waals surface area (Å²) in [5.74, 6) is 0. The molecule has 0 spiro atoms. The summed E-state index contributed by atoms with van der Waals surface area (Å²) < 4.78 is 13.1. The normalized spacial score (nSPS) is 14.8. The summed E-state index contributed by atoms with van der Waals surface area (Å²) in [6, 6.07) is 9.57. The molecule has 62 valence electrons. The standard InChI is InChI=1S/C9H8FNO/c10-9(8(12)6-11)7-4-2-1-3-5-7/h1-5,8-9,12H/t8?,9-/m0/s1. The van der Waals surface area contributed by atoms with Crippen molar-refractivity contribution in [1.29, 1.82) is 5.26 Å². The van der Waals surface area contributed by atoms with Crippen molar-refractivity contribution in [3.05, 3.63) is 35.9 Å². The number of hydrogen-bond donors (Lipinski definition) is 1. The Morgan fingerprint density at radius 3 is 2.42 bits per heavy atom. The molecule has 0 aliphatic carbocycles. The van der Waals surface area contributed by atoms with Gasteiger partial charge in [0.25, 0.3) is 0 Å². The quantitative estimate of drug-likeness (QED) is 0.676. The Hall–Kier alpha value is -1.40. The number of nitriles is 1. The maximum absolute atomic E-state index is 13.1. The molecule has 1 aromatic carbocycles. The molecule has 2 atom stereocenters. The van der Waals surface area contributed by atoms with Gasteiger partial charge in [0.05, 0.1) is 6.07 Å². The summed E-state index contributed by atoms with van der Waals surface area (Å²) in [6.45, 7) is 0. The number of benzene rings is 1. The lowest BCUT2D eigenvalue weighted by molar-refractivity contribution is 0.122. The first kappa shape index (κ1) is 8.69. The van der Waals surface area contributed by atoms with Crippen molar-refractivity contribution in [2.45, 2.75) is 12.3 Å². The largest absolute Gasteiger partial charge is 0.375 e.